The molecule has 2 aliphatic rings. The molecule has 0 amide bonds. The molecule has 0 saturated heterocycles. The van der Waals surface area contributed by atoms with E-state index in [1.807, 2.05) is 0 Å². The first kappa shape index (κ1) is 36.4. The van der Waals surface area contributed by atoms with Gasteiger partial charge in [-0.15, -0.1) is 38.2 Å². The third-order valence-corrected chi connectivity index (χ3v) is 8.53. The smallest absolute Gasteiger partial charge is 0.103 e. The van der Waals surface area contributed by atoms with Gasteiger partial charge in [0, 0.05) is 33.9 Å². The van der Waals surface area contributed by atoms with Gasteiger partial charge in [0.1, 0.15) is 9.52 Å². The van der Waals surface area contributed by atoms with E-state index in [0.29, 0.717) is 5.92 Å². The van der Waals surface area contributed by atoms with Crippen molar-refractivity contribution in [3.05, 3.63) is 107 Å². The Morgan fingerprint density at radius 2 is 1.34 bits per heavy atom. The molecule has 0 heterocycles. The van der Waals surface area contributed by atoms with Crippen LogP contribution in [0.4, 0.5) is 0 Å². The molecule has 1 unspecified atom stereocenters. The van der Waals surface area contributed by atoms with E-state index < -0.39 is 8.07 Å². The normalized spacial score (nSPS) is 15.7. The van der Waals surface area contributed by atoms with Crippen LogP contribution in [-0.4, -0.2) is 17.6 Å². The first-order chi connectivity index (χ1) is 15.2. The van der Waals surface area contributed by atoms with E-state index in [9.17, 15) is 0 Å². The van der Waals surface area contributed by atoms with E-state index in [-0.39, 0.29) is 60.2 Å². The molecule has 5 heteroatoms. The first-order valence-electron chi connectivity index (χ1n) is 11.6. The van der Waals surface area contributed by atoms with E-state index in [1.54, 1.807) is 0 Å². The summed E-state index contributed by atoms with van der Waals surface area (Å²) in [6, 6.07) is 22.6. The van der Waals surface area contributed by atoms with E-state index in [0.717, 1.165) is 6.42 Å². The minimum atomic E-state index is -0.873. The van der Waals surface area contributed by atoms with Crippen LogP contribution in [0.15, 0.2) is 95.1 Å². The molecular formula is C30H41Cl2HfSi2-2. The molecule has 4 rings (SSSR count). The van der Waals surface area contributed by atoms with Crippen molar-refractivity contribution >= 4 is 52.8 Å². The van der Waals surface area contributed by atoms with Crippen LogP contribution >= 0.6 is 24.8 Å². The van der Waals surface area contributed by atoms with Gasteiger partial charge in [0.2, 0.25) is 0 Å². The molecule has 2 aliphatic carbocycles. The number of rotatable bonds is 4. The minimum Gasteiger partial charge on any atom is -0.270 e. The van der Waals surface area contributed by atoms with Gasteiger partial charge in [-0.2, -0.15) is 17.2 Å². The van der Waals surface area contributed by atoms with Gasteiger partial charge in [-0.3, -0.25) is 12.2 Å². The molecule has 0 aliphatic heterocycles. The van der Waals surface area contributed by atoms with Crippen molar-refractivity contribution in [1.82, 2.24) is 0 Å². The zero-order valence-corrected chi connectivity index (χ0v) is 29.7. The number of allylic oxidation sites excluding steroid dienone is 8. The Labute approximate surface area is 249 Å². The van der Waals surface area contributed by atoms with Crippen LogP contribution in [0.3, 0.4) is 0 Å². The summed E-state index contributed by atoms with van der Waals surface area (Å²) in [5.41, 5.74) is 5.69. The number of hydrogen-bond donors (Lipinski definition) is 0. The number of benzene rings is 2. The summed E-state index contributed by atoms with van der Waals surface area (Å²) >= 11 is 0. The zero-order valence-electron chi connectivity index (χ0n) is 22.3. The molecule has 0 N–H and O–H groups in total. The summed E-state index contributed by atoms with van der Waals surface area (Å²) in [6.07, 6.45) is 12.2. The minimum absolute atomic E-state index is 0. The molecule has 2 aromatic carbocycles. The second kappa shape index (κ2) is 18.5. The van der Waals surface area contributed by atoms with Gasteiger partial charge in [-0.1, -0.05) is 123 Å². The van der Waals surface area contributed by atoms with Gasteiger partial charge in [-0.25, -0.2) is 17.2 Å². The Kier molecular flexibility index (Phi) is 19.3. The molecule has 0 nitrogen and oxygen atoms in total. The first-order valence-corrected chi connectivity index (χ1v) is 16.5. The van der Waals surface area contributed by atoms with Crippen molar-refractivity contribution in [2.24, 2.45) is 5.92 Å². The summed E-state index contributed by atoms with van der Waals surface area (Å²) in [6.45, 7) is 15.9. The van der Waals surface area contributed by atoms with Crippen molar-refractivity contribution in [2.45, 2.75) is 59.8 Å². The molecule has 189 valence electrons. The van der Waals surface area contributed by atoms with Crippen LogP contribution in [0, 0.1) is 18.1 Å². The molecule has 0 bridgehead atoms. The van der Waals surface area contributed by atoms with Gasteiger partial charge in [0.05, 0.1) is 0 Å². The Hall–Kier alpha value is -0.716. The Morgan fingerprint density at radius 3 is 1.63 bits per heavy atom. The zero-order chi connectivity index (χ0) is 23.6. The molecule has 1 atom stereocenters. The molecule has 1 radical (unpaired) electrons. The standard InChI is InChI=1S/C12H11Si.C9H15Si.C9H13.2ClH.Hf/c1-3-7-11(8-4-1)13-12-9-5-2-6-10-12;1-10(2,3)8-9-6-4-5-7-9;1-6-5-7(2)9(4)8(6)3;;;/h1-10,13H;4,6H,5,8H2,1-3H3;6H,1-4H3;2*1H;/q;2*-1;;;. The quantitative estimate of drug-likeness (QED) is 0.227. The van der Waals surface area contributed by atoms with Crippen LogP contribution in [-0.2, 0) is 25.8 Å². The van der Waals surface area contributed by atoms with Crippen molar-refractivity contribution in [2.75, 3.05) is 0 Å². The van der Waals surface area contributed by atoms with Crippen molar-refractivity contribution in [3.63, 3.8) is 0 Å². The predicted octanol–water partition coefficient (Wildman–Crippen LogP) is 7.65. The summed E-state index contributed by atoms with van der Waals surface area (Å²) in [5, 5.41) is 2.90. The van der Waals surface area contributed by atoms with Gasteiger partial charge < -0.3 is 0 Å². The Balaban J connectivity index is 0. The third kappa shape index (κ3) is 14.6. The summed E-state index contributed by atoms with van der Waals surface area (Å²) in [5.74, 6) is 0.560. The van der Waals surface area contributed by atoms with Gasteiger partial charge in [0.15, 0.2) is 0 Å². The topological polar surface area (TPSA) is 0 Å². The number of hydrogen-bond acceptors (Lipinski definition) is 0. The van der Waals surface area contributed by atoms with Crippen LogP contribution < -0.4 is 10.4 Å². The Bertz CT molecular complexity index is 935. The van der Waals surface area contributed by atoms with Crippen LogP contribution in [0.2, 0.25) is 25.7 Å². The maximum atomic E-state index is 3.36. The molecule has 2 aromatic rings. The Morgan fingerprint density at radius 1 is 0.857 bits per heavy atom. The van der Waals surface area contributed by atoms with Crippen molar-refractivity contribution in [1.29, 1.82) is 0 Å². The molecule has 0 fully saturated rings. The van der Waals surface area contributed by atoms with Gasteiger partial charge in [0.25, 0.3) is 0 Å². The van der Waals surface area contributed by atoms with E-state index in [2.05, 4.69) is 132 Å². The van der Waals surface area contributed by atoms with E-state index in [4.69, 9.17) is 0 Å². The van der Waals surface area contributed by atoms with Gasteiger partial charge >= 0.3 is 0 Å². The van der Waals surface area contributed by atoms with Gasteiger partial charge in [-0.05, 0) is 0 Å². The molecule has 0 saturated carbocycles. The SMILES string of the molecule is CC1=[C-]C(C)C(C)=C1C.C[Si](C)(C)CC1=[C-]CC=C1.Cl.Cl.[Hf].c1ccc([SiH]c2ccccc2)cc1. The maximum absolute atomic E-state index is 3.36. The molecule has 0 spiro atoms. The summed E-state index contributed by atoms with van der Waals surface area (Å²) in [4.78, 5) is 0. The van der Waals surface area contributed by atoms with Crippen LogP contribution in [0.5, 0.6) is 0 Å². The molecular weight excluding hydrogens is 666 g/mol. The van der Waals surface area contributed by atoms with E-state index >= 15 is 0 Å². The summed E-state index contributed by atoms with van der Waals surface area (Å²) in [7, 11) is -0.602. The third-order valence-electron chi connectivity index (χ3n) is 5.66. The monoisotopic (exact) mass is 707 g/mol. The average Bonchev–Trinajstić information content (AvgIpc) is 3.33. The second-order valence-electron chi connectivity index (χ2n) is 9.81. The van der Waals surface area contributed by atoms with Crippen molar-refractivity contribution in [3.8, 4) is 0 Å². The fourth-order valence-corrected chi connectivity index (χ4v) is 6.20. The maximum Gasteiger partial charge on any atom is 0.103 e. The van der Waals surface area contributed by atoms with Crippen LogP contribution in [0.1, 0.15) is 34.1 Å². The fourth-order valence-electron chi connectivity index (χ4n) is 3.60. The summed E-state index contributed by atoms with van der Waals surface area (Å²) < 4.78 is 0. The second-order valence-corrected chi connectivity index (χ2v) is 16.9. The largest absolute Gasteiger partial charge is 0.270 e. The fraction of sp³-hybridized carbons (Fsp3) is 0.333. The van der Waals surface area contributed by atoms with Crippen LogP contribution in [0.25, 0.3) is 0 Å². The average molecular weight is 707 g/mol. The molecule has 0 aromatic heterocycles. The molecule has 35 heavy (non-hydrogen) atoms. The van der Waals surface area contributed by atoms with E-state index in [1.165, 1.54) is 38.7 Å². The number of halogens is 2. The van der Waals surface area contributed by atoms with Crippen molar-refractivity contribution < 1.29 is 25.8 Å². The predicted molar refractivity (Wildman–Crippen MR) is 162 cm³/mol.